The van der Waals surface area contributed by atoms with Gasteiger partial charge < -0.3 is 30.7 Å². The molecule has 3 aromatic carbocycles. The van der Waals surface area contributed by atoms with E-state index in [-0.39, 0.29) is 35.8 Å². The van der Waals surface area contributed by atoms with Gasteiger partial charge in [0.25, 0.3) is 0 Å². The lowest BCUT2D eigenvalue weighted by Gasteiger charge is -2.31. The summed E-state index contributed by atoms with van der Waals surface area (Å²) in [5, 5.41) is 12.1. The van der Waals surface area contributed by atoms with Crippen LogP contribution in [0.15, 0.2) is 83.9 Å². The maximum Gasteiger partial charge on any atom is 0.338 e. The Balaban J connectivity index is 1.69. The Morgan fingerprint density at radius 1 is 0.659 bits per heavy atom. The fourth-order valence-corrected chi connectivity index (χ4v) is 5.33. The summed E-state index contributed by atoms with van der Waals surface area (Å²) in [6.45, 7) is 3.59. The summed E-state index contributed by atoms with van der Waals surface area (Å²) in [7, 11) is 0. The lowest BCUT2D eigenvalue weighted by atomic mass is 9.90. The highest BCUT2D eigenvalue weighted by Gasteiger charge is 2.36. The summed E-state index contributed by atoms with van der Waals surface area (Å²) in [5.41, 5.74) is 2.85. The first-order valence-corrected chi connectivity index (χ1v) is 14.5. The molecule has 2 aliphatic rings. The third-order valence-electron chi connectivity index (χ3n) is 6.98. The molecule has 44 heavy (non-hydrogen) atoms. The van der Waals surface area contributed by atoms with Gasteiger partial charge in [-0.15, -0.1) is 0 Å². The van der Waals surface area contributed by atoms with Gasteiger partial charge in [0.1, 0.15) is 0 Å². The smallest absolute Gasteiger partial charge is 0.338 e. The van der Waals surface area contributed by atoms with Crippen LogP contribution in [0.25, 0.3) is 11.4 Å². The summed E-state index contributed by atoms with van der Waals surface area (Å²) < 4.78 is 10.8. The number of ether oxygens (including phenoxy) is 2. The van der Waals surface area contributed by atoms with Crippen molar-refractivity contribution in [1.29, 1.82) is 0 Å². The molecular formula is C32H28Cl2N4O6. The topological polar surface area (TPSA) is 135 Å². The molecule has 2 aliphatic heterocycles. The normalized spacial score (nSPS) is 18.1. The number of hydrogen-bond acceptors (Lipinski definition) is 6. The number of esters is 2. The van der Waals surface area contributed by atoms with E-state index in [9.17, 15) is 19.2 Å². The average Bonchev–Trinajstić information content (AvgIpc) is 3.01. The number of hydrogen-bond donors (Lipinski definition) is 4. The summed E-state index contributed by atoms with van der Waals surface area (Å²) in [6.07, 6.45) is 0. The highest BCUT2D eigenvalue weighted by molar-refractivity contribution is 6.30. The van der Waals surface area contributed by atoms with E-state index in [1.807, 2.05) is 0 Å². The lowest BCUT2D eigenvalue weighted by molar-refractivity contribution is -0.139. The van der Waals surface area contributed by atoms with E-state index in [2.05, 4.69) is 21.3 Å². The number of benzene rings is 3. The minimum Gasteiger partial charge on any atom is -0.463 e. The highest BCUT2D eigenvalue weighted by Crippen LogP contribution is 2.36. The molecule has 3 aromatic rings. The molecule has 2 unspecified atom stereocenters. The van der Waals surface area contributed by atoms with Crippen LogP contribution in [0.1, 0.15) is 48.2 Å². The van der Waals surface area contributed by atoms with E-state index in [1.165, 1.54) is 0 Å². The van der Waals surface area contributed by atoms with Gasteiger partial charge in [0, 0.05) is 10.0 Å². The number of halogens is 2. The zero-order valence-corrected chi connectivity index (χ0v) is 25.2. The van der Waals surface area contributed by atoms with Gasteiger partial charge in [-0.3, -0.25) is 0 Å². The molecular weight excluding hydrogens is 607 g/mol. The van der Waals surface area contributed by atoms with Crippen molar-refractivity contribution in [3.05, 3.63) is 116 Å². The van der Waals surface area contributed by atoms with Gasteiger partial charge in [-0.25, -0.2) is 19.2 Å². The number of carbonyl (C=O) groups is 4. The molecule has 2 atom stereocenters. The molecule has 12 heteroatoms. The summed E-state index contributed by atoms with van der Waals surface area (Å²) in [5.74, 6) is -1.27. The molecule has 4 N–H and O–H groups in total. The van der Waals surface area contributed by atoms with Gasteiger partial charge in [-0.05, 0) is 66.4 Å². The molecule has 10 nitrogen and oxygen atoms in total. The van der Waals surface area contributed by atoms with E-state index in [0.29, 0.717) is 32.3 Å². The van der Waals surface area contributed by atoms with Crippen molar-refractivity contribution in [1.82, 2.24) is 21.3 Å². The molecule has 0 bridgehead atoms. The van der Waals surface area contributed by atoms with Crippen LogP contribution >= 0.6 is 23.2 Å². The van der Waals surface area contributed by atoms with Crippen LogP contribution in [-0.4, -0.2) is 37.2 Å². The van der Waals surface area contributed by atoms with E-state index in [0.717, 1.165) is 0 Å². The van der Waals surface area contributed by atoms with E-state index in [4.69, 9.17) is 32.7 Å². The Morgan fingerprint density at radius 3 is 1.41 bits per heavy atom. The largest absolute Gasteiger partial charge is 0.463 e. The van der Waals surface area contributed by atoms with Crippen LogP contribution in [-0.2, 0) is 19.1 Å². The first-order valence-electron chi connectivity index (χ1n) is 13.8. The van der Waals surface area contributed by atoms with Crippen LogP contribution in [0.3, 0.4) is 0 Å². The molecule has 4 amide bonds. The maximum atomic E-state index is 13.4. The number of nitrogens with one attached hydrogen (secondary N) is 4. The third kappa shape index (κ3) is 6.41. The number of amides is 4. The van der Waals surface area contributed by atoms with Crippen LogP contribution in [0.2, 0.25) is 10.0 Å². The SMILES string of the molecule is CCOC(=O)C1=C(c2cccc(C3=C(C(=O)OCC)C(c4ccc(Cl)cc4)NC(=O)N3)c2)NC(=O)NC1c1ccc(Cl)cc1. The van der Waals surface area contributed by atoms with Gasteiger partial charge in [-0.2, -0.15) is 0 Å². The van der Waals surface area contributed by atoms with Crippen molar-refractivity contribution in [2.24, 2.45) is 0 Å². The maximum absolute atomic E-state index is 13.4. The predicted molar refractivity (Wildman–Crippen MR) is 165 cm³/mol. The van der Waals surface area contributed by atoms with E-state index in [1.54, 1.807) is 86.6 Å². The Labute approximate surface area is 263 Å². The fourth-order valence-electron chi connectivity index (χ4n) is 5.08. The zero-order chi connectivity index (χ0) is 31.4. The minimum absolute atomic E-state index is 0.109. The highest BCUT2D eigenvalue weighted by atomic mass is 35.5. The second-order valence-electron chi connectivity index (χ2n) is 9.77. The third-order valence-corrected chi connectivity index (χ3v) is 7.49. The first kappa shape index (κ1) is 30.7. The molecule has 0 saturated heterocycles. The van der Waals surface area contributed by atoms with Crippen molar-refractivity contribution >= 4 is 58.6 Å². The van der Waals surface area contributed by atoms with Crippen molar-refractivity contribution in [2.45, 2.75) is 25.9 Å². The quantitative estimate of drug-likeness (QED) is 0.237. The molecule has 0 fully saturated rings. The Kier molecular flexibility index (Phi) is 9.22. The number of urea groups is 2. The van der Waals surface area contributed by atoms with E-state index < -0.39 is 36.1 Å². The van der Waals surface area contributed by atoms with Crippen molar-refractivity contribution in [2.75, 3.05) is 13.2 Å². The minimum atomic E-state index is -0.846. The van der Waals surface area contributed by atoms with Gasteiger partial charge in [-0.1, -0.05) is 65.7 Å². The second-order valence-corrected chi connectivity index (χ2v) is 10.6. The van der Waals surface area contributed by atoms with Gasteiger partial charge >= 0.3 is 24.0 Å². The molecule has 0 radical (unpaired) electrons. The van der Waals surface area contributed by atoms with Gasteiger partial charge in [0.15, 0.2) is 0 Å². The summed E-state index contributed by atoms with van der Waals surface area (Å²) in [6, 6.07) is 17.5. The Morgan fingerprint density at radius 2 is 1.05 bits per heavy atom. The lowest BCUT2D eigenvalue weighted by Crippen LogP contribution is -2.45. The monoisotopic (exact) mass is 634 g/mol. The van der Waals surface area contributed by atoms with Gasteiger partial charge in [0.05, 0.1) is 47.8 Å². The number of rotatable bonds is 8. The molecule has 2 heterocycles. The van der Waals surface area contributed by atoms with Crippen LogP contribution in [0.4, 0.5) is 9.59 Å². The van der Waals surface area contributed by atoms with Gasteiger partial charge in [0.2, 0.25) is 0 Å². The predicted octanol–water partition coefficient (Wildman–Crippen LogP) is 5.65. The standard InChI is InChI=1S/C32H28Cl2N4O6/c1-3-43-29(39)23-25(17-8-12-21(33)13-9-17)35-31(41)37-27(23)19-6-5-7-20(16-19)28-24(30(40)44-4-2)26(36-32(42)38-28)18-10-14-22(34)15-11-18/h5-16,25-26H,3-4H2,1-2H3,(H2,35,37,41)(H2,36,38,42). The van der Waals surface area contributed by atoms with Crippen LogP contribution < -0.4 is 21.3 Å². The zero-order valence-electron chi connectivity index (χ0n) is 23.7. The number of carbonyl (C=O) groups excluding carboxylic acids is 4. The molecule has 0 spiro atoms. The first-order chi connectivity index (χ1) is 21.2. The van der Waals surface area contributed by atoms with Crippen molar-refractivity contribution < 1.29 is 28.7 Å². The van der Waals surface area contributed by atoms with Crippen molar-refractivity contribution in [3.8, 4) is 0 Å². The summed E-state index contributed by atoms with van der Waals surface area (Å²) in [4.78, 5) is 52.5. The van der Waals surface area contributed by atoms with Crippen LogP contribution in [0.5, 0.6) is 0 Å². The Hall–Kier alpha value is -4.80. The fraction of sp³-hybridized carbons (Fsp3) is 0.188. The summed E-state index contributed by atoms with van der Waals surface area (Å²) >= 11 is 12.2. The van der Waals surface area contributed by atoms with Crippen molar-refractivity contribution in [3.63, 3.8) is 0 Å². The molecule has 0 saturated carbocycles. The Bertz CT molecular complexity index is 1560. The molecule has 0 aliphatic carbocycles. The van der Waals surface area contributed by atoms with Crippen LogP contribution in [0, 0.1) is 0 Å². The second kappa shape index (κ2) is 13.2. The molecule has 226 valence electrons. The van der Waals surface area contributed by atoms with E-state index >= 15 is 0 Å². The molecule has 0 aromatic heterocycles. The average molecular weight is 636 g/mol. The molecule has 5 rings (SSSR count).